The summed E-state index contributed by atoms with van der Waals surface area (Å²) in [4.78, 5) is 43.1. The minimum atomic E-state index is -0.448. The van der Waals surface area contributed by atoms with Crippen LogP contribution >= 0.6 is 11.3 Å². The van der Waals surface area contributed by atoms with Crippen LogP contribution in [0.3, 0.4) is 0 Å². The highest BCUT2D eigenvalue weighted by atomic mass is 32.1. The summed E-state index contributed by atoms with van der Waals surface area (Å²) in [5.41, 5.74) is 2.90. The molecule has 0 N–H and O–H groups in total. The highest BCUT2D eigenvalue weighted by Crippen LogP contribution is 2.27. The Morgan fingerprint density at radius 2 is 1.90 bits per heavy atom. The molecule has 152 valence electrons. The standard InChI is InChI=1S/C22H24N2O4S/c1-12(2)10-28-22(27)19-15(5)18-20(29-19)23-11-24(21(18)26)9-17(25)16-7-6-13(3)14(4)8-16/h6-8,11-12H,9-10H2,1-5H3. The summed E-state index contributed by atoms with van der Waals surface area (Å²) < 4.78 is 6.59. The molecule has 29 heavy (non-hydrogen) atoms. The van der Waals surface area contributed by atoms with Crippen molar-refractivity contribution in [1.82, 2.24) is 9.55 Å². The Hall–Kier alpha value is -2.80. The fourth-order valence-electron chi connectivity index (χ4n) is 2.94. The van der Waals surface area contributed by atoms with Crippen LogP contribution in [-0.2, 0) is 11.3 Å². The van der Waals surface area contributed by atoms with Crippen molar-refractivity contribution in [2.75, 3.05) is 6.61 Å². The Labute approximate surface area is 173 Å². The largest absolute Gasteiger partial charge is 0.461 e. The average Bonchev–Trinajstić information content (AvgIpc) is 3.01. The van der Waals surface area contributed by atoms with Crippen LogP contribution in [0.25, 0.3) is 10.2 Å². The fraction of sp³-hybridized carbons (Fsp3) is 0.364. The van der Waals surface area contributed by atoms with Gasteiger partial charge in [0.1, 0.15) is 9.71 Å². The highest BCUT2D eigenvalue weighted by Gasteiger charge is 2.21. The lowest BCUT2D eigenvalue weighted by Gasteiger charge is -2.07. The minimum absolute atomic E-state index is 0.104. The molecule has 0 spiro atoms. The van der Waals surface area contributed by atoms with Crippen LogP contribution in [-0.4, -0.2) is 27.9 Å². The summed E-state index contributed by atoms with van der Waals surface area (Å²) in [5, 5.41) is 0.363. The van der Waals surface area contributed by atoms with E-state index in [2.05, 4.69) is 4.98 Å². The molecule has 0 saturated heterocycles. The second-order valence-corrected chi connectivity index (χ2v) is 8.63. The second kappa shape index (κ2) is 8.29. The van der Waals surface area contributed by atoms with Crippen molar-refractivity contribution < 1.29 is 14.3 Å². The number of hydrogen-bond acceptors (Lipinski definition) is 6. The summed E-state index contributed by atoms with van der Waals surface area (Å²) in [6, 6.07) is 5.48. The van der Waals surface area contributed by atoms with E-state index < -0.39 is 5.97 Å². The zero-order chi connectivity index (χ0) is 21.3. The molecule has 6 nitrogen and oxygen atoms in total. The molecular formula is C22H24N2O4S. The van der Waals surface area contributed by atoms with Crippen molar-refractivity contribution in [3.63, 3.8) is 0 Å². The van der Waals surface area contributed by atoms with Crippen molar-refractivity contribution >= 4 is 33.3 Å². The second-order valence-electron chi connectivity index (χ2n) is 7.63. The number of thiophene rings is 1. The molecular weight excluding hydrogens is 388 g/mol. The predicted molar refractivity (Wildman–Crippen MR) is 114 cm³/mol. The lowest BCUT2D eigenvalue weighted by Crippen LogP contribution is -2.24. The van der Waals surface area contributed by atoms with Gasteiger partial charge in [-0.1, -0.05) is 26.0 Å². The number of hydrogen-bond donors (Lipinski definition) is 0. The molecule has 0 bridgehead atoms. The minimum Gasteiger partial charge on any atom is -0.461 e. The number of carbonyl (C=O) groups excluding carboxylic acids is 2. The Morgan fingerprint density at radius 1 is 1.17 bits per heavy atom. The van der Waals surface area contributed by atoms with Crippen molar-refractivity contribution in [2.24, 2.45) is 5.92 Å². The quantitative estimate of drug-likeness (QED) is 0.450. The number of nitrogens with zero attached hydrogens (tertiary/aromatic N) is 2. The third kappa shape index (κ3) is 4.29. The van der Waals surface area contributed by atoms with Gasteiger partial charge in [-0.3, -0.25) is 14.2 Å². The number of fused-ring (bicyclic) bond motifs is 1. The van der Waals surface area contributed by atoms with Gasteiger partial charge in [0, 0.05) is 5.56 Å². The summed E-state index contributed by atoms with van der Waals surface area (Å²) in [7, 11) is 0. The van der Waals surface area contributed by atoms with E-state index in [1.807, 2.05) is 39.8 Å². The lowest BCUT2D eigenvalue weighted by atomic mass is 10.0. The number of carbonyl (C=O) groups is 2. The number of Topliss-reactive ketones (excluding diaryl/α,β-unsaturated/α-hetero) is 1. The van der Waals surface area contributed by atoms with E-state index >= 15 is 0 Å². The first kappa shape index (κ1) is 20.9. The third-order valence-electron chi connectivity index (χ3n) is 4.79. The summed E-state index contributed by atoms with van der Waals surface area (Å²) in [6.07, 6.45) is 1.36. The van der Waals surface area contributed by atoms with Crippen LogP contribution in [0, 0.1) is 26.7 Å². The maximum absolute atomic E-state index is 13.0. The van der Waals surface area contributed by atoms with Crippen LogP contribution < -0.4 is 5.56 Å². The summed E-state index contributed by atoms with van der Waals surface area (Å²) in [6.45, 7) is 9.76. The normalized spacial score (nSPS) is 11.2. The number of ether oxygens (including phenoxy) is 1. The fourth-order valence-corrected chi connectivity index (χ4v) is 3.97. The monoisotopic (exact) mass is 412 g/mol. The topological polar surface area (TPSA) is 78.3 Å². The van der Waals surface area contributed by atoms with Gasteiger partial charge in [0.15, 0.2) is 5.78 Å². The van der Waals surface area contributed by atoms with E-state index in [1.54, 1.807) is 13.0 Å². The van der Waals surface area contributed by atoms with Gasteiger partial charge in [-0.05, 0) is 49.4 Å². The van der Waals surface area contributed by atoms with Gasteiger partial charge in [-0.2, -0.15) is 0 Å². The molecule has 3 aromatic rings. The molecule has 0 saturated carbocycles. The van der Waals surface area contributed by atoms with Crippen molar-refractivity contribution in [2.45, 2.75) is 41.2 Å². The van der Waals surface area contributed by atoms with Crippen molar-refractivity contribution in [3.8, 4) is 0 Å². The molecule has 0 aliphatic rings. The molecule has 0 unspecified atom stereocenters. The van der Waals surface area contributed by atoms with E-state index in [4.69, 9.17) is 4.74 Å². The van der Waals surface area contributed by atoms with Gasteiger partial charge >= 0.3 is 5.97 Å². The van der Waals surface area contributed by atoms with E-state index in [-0.39, 0.29) is 23.8 Å². The van der Waals surface area contributed by atoms with E-state index in [1.165, 1.54) is 10.9 Å². The molecule has 0 amide bonds. The Balaban J connectivity index is 1.92. The summed E-state index contributed by atoms with van der Waals surface area (Å²) in [5.74, 6) is -0.391. The van der Waals surface area contributed by atoms with Gasteiger partial charge < -0.3 is 4.74 Å². The molecule has 0 atom stereocenters. The van der Waals surface area contributed by atoms with Gasteiger partial charge in [0.25, 0.3) is 5.56 Å². The SMILES string of the molecule is Cc1ccc(C(=O)Cn2cnc3sc(C(=O)OCC(C)C)c(C)c3c2=O)cc1C. The van der Waals surface area contributed by atoms with E-state index in [9.17, 15) is 14.4 Å². The van der Waals surface area contributed by atoms with Crippen LogP contribution in [0.5, 0.6) is 0 Å². The third-order valence-corrected chi connectivity index (χ3v) is 5.97. The highest BCUT2D eigenvalue weighted by molar-refractivity contribution is 7.20. The Kier molecular flexibility index (Phi) is 5.98. The number of esters is 1. The molecule has 0 fully saturated rings. The molecule has 0 aliphatic carbocycles. The Bertz CT molecular complexity index is 1160. The molecule has 1 aromatic carbocycles. The van der Waals surface area contributed by atoms with Gasteiger partial charge in [-0.25, -0.2) is 9.78 Å². The maximum atomic E-state index is 13.0. The van der Waals surface area contributed by atoms with Gasteiger partial charge in [0.05, 0.1) is 24.9 Å². The number of aromatic nitrogens is 2. The number of ketones is 1. The molecule has 2 heterocycles. The number of benzene rings is 1. The van der Waals surface area contributed by atoms with Crippen LogP contribution in [0.2, 0.25) is 0 Å². The van der Waals surface area contributed by atoms with Crippen LogP contribution in [0.1, 0.15) is 50.6 Å². The van der Waals surface area contributed by atoms with E-state index in [0.29, 0.717) is 32.8 Å². The molecule has 7 heteroatoms. The zero-order valence-electron chi connectivity index (χ0n) is 17.2. The first-order valence-electron chi connectivity index (χ1n) is 9.45. The zero-order valence-corrected chi connectivity index (χ0v) is 18.1. The first-order valence-corrected chi connectivity index (χ1v) is 10.3. The molecule has 3 rings (SSSR count). The first-order chi connectivity index (χ1) is 13.7. The van der Waals surface area contributed by atoms with E-state index in [0.717, 1.165) is 22.5 Å². The number of aryl methyl sites for hydroxylation is 3. The number of rotatable bonds is 6. The molecule has 0 aliphatic heterocycles. The van der Waals surface area contributed by atoms with Gasteiger partial charge in [0.2, 0.25) is 0 Å². The smallest absolute Gasteiger partial charge is 0.348 e. The molecule has 2 aromatic heterocycles. The van der Waals surface area contributed by atoms with Crippen LogP contribution in [0.4, 0.5) is 0 Å². The predicted octanol–water partition coefficient (Wildman–Crippen LogP) is 4.08. The molecule has 0 radical (unpaired) electrons. The Morgan fingerprint density at radius 3 is 2.55 bits per heavy atom. The van der Waals surface area contributed by atoms with Gasteiger partial charge in [-0.15, -0.1) is 11.3 Å². The summed E-state index contributed by atoms with van der Waals surface area (Å²) >= 11 is 1.14. The lowest BCUT2D eigenvalue weighted by molar-refractivity contribution is 0.0464. The average molecular weight is 413 g/mol. The maximum Gasteiger partial charge on any atom is 0.348 e. The van der Waals surface area contributed by atoms with Crippen LogP contribution in [0.15, 0.2) is 29.3 Å². The van der Waals surface area contributed by atoms with Crippen molar-refractivity contribution in [3.05, 3.63) is 62.0 Å². The van der Waals surface area contributed by atoms with Crippen molar-refractivity contribution in [1.29, 1.82) is 0 Å².